The molecule has 0 saturated heterocycles. The number of ether oxygens (including phenoxy) is 2. The zero-order valence-electron chi connectivity index (χ0n) is 32.8. The molecule has 2 aliphatic heterocycles. The maximum Gasteiger partial charge on any atom is 0.303 e. The third kappa shape index (κ3) is 11.8. The first-order valence-corrected chi connectivity index (χ1v) is 23.3. The van der Waals surface area contributed by atoms with Crippen molar-refractivity contribution < 1.29 is 62.9 Å². The summed E-state index contributed by atoms with van der Waals surface area (Å²) in [4.78, 5) is 12.8. The number of nitrogens with zero attached hydrogens (tertiary/aromatic N) is 2. The summed E-state index contributed by atoms with van der Waals surface area (Å²) < 4.78 is 120. The molecular formula is C39H52N2O13S3-2. The van der Waals surface area contributed by atoms with Crippen LogP contribution in [0.4, 0.5) is 11.4 Å². The van der Waals surface area contributed by atoms with Gasteiger partial charge in [0.1, 0.15) is 16.7 Å². The standard InChI is InChI=1S/C39H54N2O13S3/c1-38(19-9-25-55(44,45)46)31-27-29(18-23-53-3)14-16-33(31)41(22-24-54-4)36(38)12-8-11-35-39(2,20-10-26-56(47,48)49)32-28-30(57(50,51)52)15-17-34(32)40(35)21-7-5-6-13-37(42)43/h8,11-12,14-17,27-28H,5-7,9-10,13,18-26H2,1-4H3,(H3-,42,43,44,45,46,47,48,49,50,51,52)/p-2. The molecule has 316 valence electrons. The topological polar surface area (TPSA) is 234 Å². The molecule has 0 spiro atoms. The maximum absolute atomic E-state index is 12.2. The number of anilines is 1. The van der Waals surface area contributed by atoms with Crippen LogP contribution >= 0.6 is 0 Å². The highest BCUT2D eigenvalue weighted by molar-refractivity contribution is 7.86. The van der Waals surface area contributed by atoms with Crippen molar-refractivity contribution in [3.8, 4) is 0 Å². The number of hydrogen-bond acceptors (Lipinski definition) is 13. The number of benzene rings is 2. The van der Waals surface area contributed by atoms with Crippen LogP contribution in [-0.2, 0) is 61.9 Å². The number of carboxylic acids is 1. The Hall–Kier alpha value is -3.49. The summed E-state index contributed by atoms with van der Waals surface area (Å²) in [5, 5.41) is 9.15. The van der Waals surface area contributed by atoms with Gasteiger partial charge < -0.3 is 33.1 Å². The summed E-state index contributed by atoms with van der Waals surface area (Å²) in [6.07, 6.45) is 8.14. The maximum atomic E-state index is 12.2. The van der Waals surface area contributed by atoms with Crippen LogP contribution in [0.2, 0.25) is 0 Å². The first kappa shape index (κ1) is 46.2. The average molecular weight is 853 g/mol. The monoisotopic (exact) mass is 852 g/mol. The SMILES string of the molecule is COCCc1ccc2c(c1)C(C)(CCCS(=O)(=O)[O-])/C(=C\C=C\C1=[N+](CCCCCC(=O)O)c3ccc(S(=O)(=O)[O-])cc3C1(C)CCCS(=O)(=O)[O-])N2CCOC. The van der Waals surface area contributed by atoms with E-state index >= 15 is 0 Å². The van der Waals surface area contributed by atoms with E-state index in [4.69, 9.17) is 14.6 Å². The van der Waals surface area contributed by atoms with Crippen molar-refractivity contribution >= 4 is 53.4 Å². The Kier molecular flexibility index (Phi) is 15.4. The molecule has 2 aromatic carbocycles. The Balaban J connectivity index is 1.90. The van der Waals surface area contributed by atoms with Gasteiger partial charge in [0.25, 0.3) is 0 Å². The largest absolute Gasteiger partial charge is 0.748 e. The summed E-state index contributed by atoms with van der Waals surface area (Å²) in [7, 11) is -10.8. The van der Waals surface area contributed by atoms with Crippen LogP contribution in [0.25, 0.3) is 0 Å². The van der Waals surface area contributed by atoms with E-state index in [0.29, 0.717) is 75.4 Å². The van der Waals surface area contributed by atoms with Gasteiger partial charge in [-0.3, -0.25) is 4.79 Å². The lowest BCUT2D eigenvalue weighted by Gasteiger charge is -2.30. The van der Waals surface area contributed by atoms with Crippen LogP contribution in [0.5, 0.6) is 0 Å². The molecule has 0 saturated carbocycles. The third-order valence-electron chi connectivity index (χ3n) is 10.8. The average Bonchev–Trinajstić information content (AvgIpc) is 3.47. The molecule has 15 nitrogen and oxygen atoms in total. The number of unbranched alkanes of at least 4 members (excludes halogenated alkanes) is 2. The molecule has 57 heavy (non-hydrogen) atoms. The molecule has 1 N–H and O–H groups in total. The van der Waals surface area contributed by atoms with Crippen LogP contribution in [0, 0.1) is 0 Å². The van der Waals surface area contributed by atoms with Crippen LogP contribution < -0.4 is 4.90 Å². The van der Waals surface area contributed by atoms with E-state index in [1.165, 1.54) is 18.2 Å². The van der Waals surface area contributed by atoms with Crippen molar-refractivity contribution in [2.45, 2.75) is 87.4 Å². The second-order valence-electron chi connectivity index (χ2n) is 14.9. The first-order valence-electron chi connectivity index (χ1n) is 18.8. The van der Waals surface area contributed by atoms with Crippen molar-refractivity contribution in [1.82, 2.24) is 0 Å². The number of hydrogen-bond donors (Lipinski definition) is 1. The summed E-state index contributed by atoms with van der Waals surface area (Å²) in [6, 6.07) is 10.1. The minimum atomic E-state index is -4.88. The molecule has 2 aromatic rings. The molecule has 4 rings (SSSR count). The van der Waals surface area contributed by atoms with E-state index in [2.05, 4.69) is 11.0 Å². The van der Waals surface area contributed by atoms with Crippen LogP contribution in [0.15, 0.2) is 65.2 Å². The van der Waals surface area contributed by atoms with Crippen molar-refractivity contribution in [2.75, 3.05) is 56.9 Å². The number of methoxy groups -OCH3 is 2. The predicted molar refractivity (Wildman–Crippen MR) is 211 cm³/mol. The van der Waals surface area contributed by atoms with Crippen LogP contribution in [0.3, 0.4) is 0 Å². The summed E-state index contributed by atoms with van der Waals surface area (Å²) >= 11 is 0. The Labute approximate surface area is 336 Å². The van der Waals surface area contributed by atoms with E-state index in [1.54, 1.807) is 21.1 Å². The quantitative estimate of drug-likeness (QED) is 0.0934. The number of rotatable bonds is 23. The minimum Gasteiger partial charge on any atom is -0.748 e. The van der Waals surface area contributed by atoms with Gasteiger partial charge >= 0.3 is 5.97 Å². The number of allylic oxidation sites excluding steroid dienone is 4. The molecule has 2 aliphatic rings. The zero-order chi connectivity index (χ0) is 42.2. The Bertz CT molecular complexity index is 2220. The molecule has 0 aliphatic carbocycles. The number of aliphatic carboxylic acids is 1. The van der Waals surface area contributed by atoms with Crippen LogP contribution in [-0.4, -0.2) is 112 Å². The summed E-state index contributed by atoms with van der Waals surface area (Å²) in [5.41, 5.74) is 3.48. The molecule has 2 unspecified atom stereocenters. The zero-order valence-corrected chi connectivity index (χ0v) is 35.2. The fourth-order valence-electron chi connectivity index (χ4n) is 8.01. The Morgan fingerprint density at radius 2 is 1.47 bits per heavy atom. The highest BCUT2D eigenvalue weighted by Gasteiger charge is 2.48. The van der Waals surface area contributed by atoms with E-state index in [-0.39, 0.29) is 25.7 Å². The summed E-state index contributed by atoms with van der Waals surface area (Å²) in [6.45, 7) is 5.45. The third-order valence-corrected chi connectivity index (χ3v) is 13.2. The lowest BCUT2D eigenvalue weighted by atomic mass is 9.75. The second kappa shape index (κ2) is 19.1. The normalized spacial score (nSPS) is 20.5. The Morgan fingerprint density at radius 3 is 2.07 bits per heavy atom. The first-order chi connectivity index (χ1) is 26.6. The molecule has 0 aromatic heterocycles. The molecule has 2 atom stereocenters. The molecule has 0 amide bonds. The number of fused-ring (bicyclic) bond motifs is 2. The lowest BCUT2D eigenvalue weighted by molar-refractivity contribution is -0.438. The van der Waals surface area contributed by atoms with Gasteiger partial charge in [-0.25, -0.2) is 25.3 Å². The minimum absolute atomic E-state index is 0.0118. The van der Waals surface area contributed by atoms with Gasteiger partial charge in [-0.2, -0.15) is 4.58 Å². The molecule has 0 bridgehead atoms. The molecule has 2 heterocycles. The van der Waals surface area contributed by atoms with Crippen molar-refractivity contribution in [1.29, 1.82) is 0 Å². The lowest BCUT2D eigenvalue weighted by Crippen LogP contribution is -2.32. The van der Waals surface area contributed by atoms with Crippen LogP contribution in [0.1, 0.15) is 81.9 Å². The number of carbonyl (C=O) groups is 1. The van der Waals surface area contributed by atoms with E-state index in [9.17, 15) is 43.7 Å². The van der Waals surface area contributed by atoms with E-state index < -0.39 is 63.6 Å². The van der Waals surface area contributed by atoms with Gasteiger partial charge in [-0.05, 0) is 94.2 Å². The van der Waals surface area contributed by atoms with Gasteiger partial charge in [0.15, 0.2) is 5.71 Å². The molecule has 0 fully saturated rings. The summed E-state index contributed by atoms with van der Waals surface area (Å²) in [5.74, 6) is -2.12. The molecule has 18 heteroatoms. The van der Waals surface area contributed by atoms with E-state index in [0.717, 1.165) is 22.5 Å². The van der Waals surface area contributed by atoms with E-state index in [1.807, 2.05) is 41.9 Å². The van der Waals surface area contributed by atoms with Gasteiger partial charge in [-0.1, -0.05) is 18.2 Å². The van der Waals surface area contributed by atoms with Gasteiger partial charge in [-0.15, -0.1) is 0 Å². The highest BCUT2D eigenvalue weighted by Crippen LogP contribution is 2.51. The van der Waals surface area contributed by atoms with Crippen molar-refractivity contribution in [3.63, 3.8) is 0 Å². The Morgan fingerprint density at radius 1 is 0.825 bits per heavy atom. The van der Waals surface area contributed by atoms with Gasteiger partial charge in [0, 0.05) is 79.6 Å². The fourth-order valence-corrected chi connectivity index (χ4v) is 9.50. The molecular weight excluding hydrogens is 801 g/mol. The highest BCUT2D eigenvalue weighted by atomic mass is 32.2. The number of carboxylic acid groups (broad SMARTS) is 1. The fraction of sp³-hybridized carbons (Fsp3) is 0.538. The molecule has 0 radical (unpaired) electrons. The van der Waals surface area contributed by atoms with Crippen molar-refractivity contribution in [2.24, 2.45) is 0 Å². The van der Waals surface area contributed by atoms with Gasteiger partial charge in [0.05, 0.1) is 43.8 Å². The predicted octanol–water partition coefficient (Wildman–Crippen LogP) is 4.30. The smallest absolute Gasteiger partial charge is 0.303 e. The van der Waals surface area contributed by atoms with Crippen molar-refractivity contribution in [3.05, 3.63) is 77.0 Å². The van der Waals surface area contributed by atoms with Gasteiger partial charge in [0.2, 0.25) is 5.69 Å². The second-order valence-corrected chi connectivity index (χ2v) is 19.3.